The lowest BCUT2D eigenvalue weighted by Gasteiger charge is -2.09. The summed E-state index contributed by atoms with van der Waals surface area (Å²) >= 11 is 6.00. The molecule has 0 unspecified atom stereocenters. The highest BCUT2D eigenvalue weighted by Crippen LogP contribution is 2.28. The first-order chi connectivity index (χ1) is 10.1. The summed E-state index contributed by atoms with van der Waals surface area (Å²) in [6, 6.07) is 14.4. The number of benzene rings is 2. The largest absolute Gasteiger partial charge is 0.478 e. The summed E-state index contributed by atoms with van der Waals surface area (Å²) in [6.45, 7) is 1.92. The number of carboxylic acids is 1. The highest BCUT2D eigenvalue weighted by Gasteiger charge is 2.14. The van der Waals surface area contributed by atoms with Gasteiger partial charge in [-0.1, -0.05) is 41.9 Å². The number of halogens is 1. The third-order valence-electron chi connectivity index (χ3n) is 3.39. The summed E-state index contributed by atoms with van der Waals surface area (Å²) < 4.78 is 0. The molecule has 0 radical (unpaired) electrons. The van der Waals surface area contributed by atoms with Crippen molar-refractivity contribution in [3.8, 4) is 11.3 Å². The Labute approximate surface area is 126 Å². The van der Waals surface area contributed by atoms with Crippen molar-refractivity contribution in [1.29, 1.82) is 0 Å². The number of hydrogen-bond donors (Lipinski definition) is 1. The van der Waals surface area contributed by atoms with Crippen LogP contribution in [0.1, 0.15) is 15.9 Å². The van der Waals surface area contributed by atoms with Crippen molar-refractivity contribution >= 4 is 28.5 Å². The monoisotopic (exact) mass is 297 g/mol. The normalized spacial score (nSPS) is 10.8. The van der Waals surface area contributed by atoms with E-state index in [0.29, 0.717) is 21.6 Å². The van der Waals surface area contributed by atoms with Gasteiger partial charge >= 0.3 is 5.97 Å². The van der Waals surface area contributed by atoms with Gasteiger partial charge in [-0.2, -0.15) is 0 Å². The zero-order chi connectivity index (χ0) is 15.0. The number of para-hydroxylation sites is 1. The van der Waals surface area contributed by atoms with E-state index in [1.165, 1.54) is 0 Å². The van der Waals surface area contributed by atoms with E-state index >= 15 is 0 Å². The second-order valence-corrected chi connectivity index (χ2v) is 5.28. The lowest BCUT2D eigenvalue weighted by atomic mass is 10.0. The number of nitrogens with zero attached hydrogens (tertiary/aromatic N) is 1. The maximum Gasteiger partial charge on any atom is 0.336 e. The summed E-state index contributed by atoms with van der Waals surface area (Å²) in [4.78, 5) is 16.1. The molecule has 0 aliphatic carbocycles. The van der Waals surface area contributed by atoms with Crippen molar-refractivity contribution in [2.24, 2.45) is 0 Å². The highest BCUT2D eigenvalue weighted by atomic mass is 35.5. The Balaban J connectivity index is 2.35. The van der Waals surface area contributed by atoms with E-state index in [2.05, 4.69) is 4.98 Å². The number of aromatic carboxylic acids is 1. The summed E-state index contributed by atoms with van der Waals surface area (Å²) in [5.41, 5.74) is 3.30. The van der Waals surface area contributed by atoms with E-state index in [-0.39, 0.29) is 5.56 Å². The smallest absolute Gasteiger partial charge is 0.336 e. The Morgan fingerprint density at radius 1 is 1.14 bits per heavy atom. The molecule has 0 atom stereocenters. The SMILES string of the molecule is Cc1cccc2c(C(=O)O)cc(-c3cccc(Cl)c3)nc12. The predicted octanol–water partition coefficient (Wildman–Crippen LogP) is 4.56. The van der Waals surface area contributed by atoms with E-state index in [4.69, 9.17) is 11.6 Å². The average molecular weight is 298 g/mol. The van der Waals surface area contributed by atoms with Gasteiger partial charge in [-0.15, -0.1) is 0 Å². The van der Waals surface area contributed by atoms with Crippen molar-refractivity contribution in [2.75, 3.05) is 0 Å². The predicted molar refractivity (Wildman–Crippen MR) is 83.9 cm³/mol. The molecule has 1 heterocycles. The Morgan fingerprint density at radius 2 is 1.90 bits per heavy atom. The number of rotatable bonds is 2. The van der Waals surface area contributed by atoms with Crippen LogP contribution in [0.2, 0.25) is 5.02 Å². The highest BCUT2D eigenvalue weighted by molar-refractivity contribution is 6.30. The molecule has 1 N–H and O–H groups in total. The molecule has 0 saturated heterocycles. The molecule has 0 saturated carbocycles. The van der Waals surface area contributed by atoms with Crippen molar-refractivity contribution in [2.45, 2.75) is 6.92 Å². The van der Waals surface area contributed by atoms with Gasteiger partial charge in [-0.25, -0.2) is 9.78 Å². The minimum Gasteiger partial charge on any atom is -0.478 e. The van der Waals surface area contributed by atoms with Crippen LogP contribution in [0, 0.1) is 6.92 Å². The zero-order valence-corrected chi connectivity index (χ0v) is 12.1. The molecule has 21 heavy (non-hydrogen) atoms. The molecule has 3 nitrogen and oxygen atoms in total. The van der Waals surface area contributed by atoms with E-state index in [9.17, 15) is 9.90 Å². The molecule has 1 aromatic heterocycles. The minimum absolute atomic E-state index is 0.249. The van der Waals surface area contributed by atoms with Crippen molar-refractivity contribution in [3.05, 3.63) is 64.7 Å². The second-order valence-electron chi connectivity index (χ2n) is 4.84. The Hall–Kier alpha value is -2.39. The van der Waals surface area contributed by atoms with Gasteiger partial charge in [0.15, 0.2) is 0 Å². The summed E-state index contributed by atoms with van der Waals surface area (Å²) in [5, 5.41) is 10.7. The van der Waals surface area contributed by atoms with Crippen LogP contribution in [-0.2, 0) is 0 Å². The molecule has 0 amide bonds. The number of aromatic nitrogens is 1. The third-order valence-corrected chi connectivity index (χ3v) is 3.63. The number of hydrogen-bond acceptors (Lipinski definition) is 2. The van der Waals surface area contributed by atoms with Gasteiger partial charge in [0.05, 0.1) is 16.8 Å². The van der Waals surface area contributed by atoms with Gasteiger partial charge < -0.3 is 5.11 Å². The summed E-state index contributed by atoms with van der Waals surface area (Å²) in [7, 11) is 0. The van der Waals surface area contributed by atoms with E-state index in [1.807, 2.05) is 31.2 Å². The molecule has 0 spiro atoms. The van der Waals surface area contributed by atoms with Gasteiger partial charge in [0.25, 0.3) is 0 Å². The lowest BCUT2D eigenvalue weighted by molar-refractivity contribution is 0.0699. The Kier molecular flexibility index (Phi) is 3.35. The fraction of sp³-hybridized carbons (Fsp3) is 0.0588. The number of aryl methyl sites for hydroxylation is 1. The van der Waals surface area contributed by atoms with E-state index in [1.54, 1.807) is 24.3 Å². The summed E-state index contributed by atoms with van der Waals surface area (Å²) in [5.74, 6) is -0.962. The van der Waals surface area contributed by atoms with Crippen LogP contribution in [0.5, 0.6) is 0 Å². The second kappa shape index (κ2) is 5.19. The molecular weight excluding hydrogens is 286 g/mol. The van der Waals surface area contributed by atoms with E-state index in [0.717, 1.165) is 11.1 Å². The molecule has 0 aliphatic rings. The van der Waals surface area contributed by atoms with Crippen LogP contribution < -0.4 is 0 Å². The maximum atomic E-state index is 11.5. The molecule has 0 aliphatic heterocycles. The first kappa shape index (κ1) is 13.6. The maximum absolute atomic E-state index is 11.5. The molecule has 3 rings (SSSR count). The van der Waals surface area contributed by atoms with Gasteiger partial charge in [0, 0.05) is 16.0 Å². The fourth-order valence-corrected chi connectivity index (χ4v) is 2.55. The van der Waals surface area contributed by atoms with Gasteiger partial charge in [-0.3, -0.25) is 0 Å². The van der Waals surface area contributed by atoms with Crippen LogP contribution in [0.4, 0.5) is 0 Å². The fourth-order valence-electron chi connectivity index (χ4n) is 2.36. The standard InChI is InChI=1S/C17H12ClNO2/c1-10-4-2-7-13-14(17(20)21)9-15(19-16(10)13)11-5-3-6-12(18)8-11/h2-9H,1H3,(H,20,21). The van der Waals surface area contributed by atoms with Gasteiger partial charge in [0.1, 0.15) is 0 Å². The van der Waals surface area contributed by atoms with Gasteiger partial charge in [0.2, 0.25) is 0 Å². The van der Waals surface area contributed by atoms with Crippen molar-refractivity contribution < 1.29 is 9.90 Å². The topological polar surface area (TPSA) is 50.2 Å². The molecule has 3 aromatic rings. The number of carboxylic acid groups (broad SMARTS) is 1. The van der Waals surface area contributed by atoms with E-state index < -0.39 is 5.97 Å². The lowest BCUT2D eigenvalue weighted by Crippen LogP contribution is -2.01. The molecule has 104 valence electrons. The Bertz CT molecular complexity index is 859. The van der Waals surface area contributed by atoms with Crippen molar-refractivity contribution in [3.63, 3.8) is 0 Å². The zero-order valence-electron chi connectivity index (χ0n) is 11.3. The minimum atomic E-state index is -0.962. The molecule has 2 aromatic carbocycles. The van der Waals surface area contributed by atoms with Crippen LogP contribution >= 0.6 is 11.6 Å². The van der Waals surface area contributed by atoms with Gasteiger partial charge in [-0.05, 0) is 30.7 Å². The molecule has 0 bridgehead atoms. The number of pyridine rings is 1. The quantitative estimate of drug-likeness (QED) is 0.754. The van der Waals surface area contributed by atoms with Crippen LogP contribution in [0.3, 0.4) is 0 Å². The summed E-state index contributed by atoms with van der Waals surface area (Å²) in [6.07, 6.45) is 0. The number of fused-ring (bicyclic) bond motifs is 1. The number of carbonyl (C=O) groups is 1. The first-order valence-electron chi connectivity index (χ1n) is 6.46. The molecular formula is C17H12ClNO2. The average Bonchev–Trinajstić information content (AvgIpc) is 2.46. The van der Waals surface area contributed by atoms with Crippen LogP contribution in [0.15, 0.2) is 48.5 Å². The Morgan fingerprint density at radius 3 is 2.62 bits per heavy atom. The molecule has 0 fully saturated rings. The van der Waals surface area contributed by atoms with Crippen molar-refractivity contribution in [1.82, 2.24) is 4.98 Å². The third kappa shape index (κ3) is 2.48. The van der Waals surface area contributed by atoms with Crippen LogP contribution in [-0.4, -0.2) is 16.1 Å². The van der Waals surface area contributed by atoms with Crippen LogP contribution in [0.25, 0.3) is 22.2 Å². The molecule has 4 heteroatoms. The first-order valence-corrected chi connectivity index (χ1v) is 6.83.